The van der Waals surface area contributed by atoms with Crippen LogP contribution >= 0.6 is 11.3 Å². The van der Waals surface area contributed by atoms with Gasteiger partial charge in [0.15, 0.2) is 5.78 Å². The first-order valence-electron chi connectivity index (χ1n) is 5.99. The second kappa shape index (κ2) is 4.55. The highest BCUT2D eigenvalue weighted by Gasteiger charge is 2.13. The maximum atomic E-state index is 11.5. The molecule has 3 aromatic rings. The van der Waals surface area contributed by atoms with Crippen LogP contribution in [-0.2, 0) is 0 Å². The predicted octanol–water partition coefficient (Wildman–Crippen LogP) is 3.87. The Labute approximate surface area is 115 Å². The number of nitrogens with zero attached hydrogens (tertiary/aromatic N) is 2. The predicted molar refractivity (Wildman–Crippen MR) is 77.6 cm³/mol. The molecular weight excluding hydrogens is 256 g/mol. The maximum Gasteiger partial charge on any atom is 0.171 e. The number of thiazole rings is 1. The number of Topliss-reactive ketones (excluding diaryl/α,β-unsaturated/α-hetero) is 1. The highest BCUT2D eigenvalue weighted by molar-refractivity contribution is 7.17. The van der Waals surface area contributed by atoms with Crippen molar-refractivity contribution in [2.45, 2.75) is 13.8 Å². The fourth-order valence-corrected chi connectivity index (χ4v) is 2.95. The van der Waals surface area contributed by atoms with Gasteiger partial charge in [0, 0.05) is 12.3 Å². The van der Waals surface area contributed by atoms with Crippen LogP contribution in [0.15, 0.2) is 36.4 Å². The lowest BCUT2D eigenvalue weighted by molar-refractivity contribution is 0.102. The summed E-state index contributed by atoms with van der Waals surface area (Å²) >= 11 is 1.41. The molecule has 2 aromatic heterocycles. The molecule has 3 nitrogen and oxygen atoms in total. The molecule has 0 N–H and O–H groups in total. The number of para-hydroxylation sites is 1. The Balaban J connectivity index is 2.13. The minimum absolute atomic E-state index is 0.0574. The van der Waals surface area contributed by atoms with E-state index in [0.29, 0.717) is 4.88 Å². The molecule has 0 aliphatic carbocycles. The Hall–Kier alpha value is -2.07. The van der Waals surface area contributed by atoms with Gasteiger partial charge in [0.1, 0.15) is 5.01 Å². The third-order valence-electron chi connectivity index (χ3n) is 2.93. The molecular formula is C15H12N2OS. The second-order valence-corrected chi connectivity index (χ2v) is 5.38. The van der Waals surface area contributed by atoms with Gasteiger partial charge in [-0.15, -0.1) is 11.3 Å². The van der Waals surface area contributed by atoms with E-state index in [1.807, 2.05) is 43.3 Å². The molecule has 0 radical (unpaired) electrons. The van der Waals surface area contributed by atoms with Gasteiger partial charge in [0.05, 0.1) is 21.8 Å². The number of rotatable bonds is 2. The Bertz CT molecular complexity index is 777. The minimum Gasteiger partial charge on any atom is -0.294 e. The van der Waals surface area contributed by atoms with Crippen molar-refractivity contribution in [2.24, 2.45) is 0 Å². The number of pyridine rings is 1. The van der Waals surface area contributed by atoms with Crippen LogP contribution in [0, 0.1) is 6.92 Å². The third kappa shape index (κ3) is 2.15. The standard InChI is InChI=1S/C15H12N2OS/c1-9-14(10(2)18)19-15(16-9)13-8-7-11-5-3-4-6-12(11)17-13/h3-8H,1-2H3. The SMILES string of the molecule is CC(=O)c1sc(-c2ccc3ccccc3n2)nc1C. The number of hydrogen-bond acceptors (Lipinski definition) is 4. The highest BCUT2D eigenvalue weighted by atomic mass is 32.1. The zero-order valence-corrected chi connectivity index (χ0v) is 11.5. The molecule has 0 spiro atoms. The molecule has 0 amide bonds. The number of aromatic nitrogens is 2. The van der Waals surface area contributed by atoms with Crippen LogP contribution in [0.1, 0.15) is 22.3 Å². The van der Waals surface area contributed by atoms with Gasteiger partial charge < -0.3 is 0 Å². The number of carbonyl (C=O) groups excluding carboxylic acids is 1. The van der Waals surface area contributed by atoms with Crippen LogP contribution in [0.4, 0.5) is 0 Å². The van der Waals surface area contributed by atoms with Gasteiger partial charge in [0.2, 0.25) is 0 Å². The highest BCUT2D eigenvalue weighted by Crippen LogP contribution is 2.28. The van der Waals surface area contributed by atoms with Gasteiger partial charge >= 0.3 is 0 Å². The van der Waals surface area contributed by atoms with E-state index < -0.39 is 0 Å². The summed E-state index contributed by atoms with van der Waals surface area (Å²) in [7, 11) is 0. The molecule has 3 rings (SSSR count). The van der Waals surface area contributed by atoms with Crippen molar-refractivity contribution in [1.82, 2.24) is 9.97 Å². The van der Waals surface area contributed by atoms with Crippen molar-refractivity contribution in [1.29, 1.82) is 0 Å². The van der Waals surface area contributed by atoms with E-state index in [9.17, 15) is 4.79 Å². The first-order valence-corrected chi connectivity index (χ1v) is 6.81. The van der Waals surface area contributed by atoms with Crippen LogP contribution in [0.3, 0.4) is 0 Å². The molecule has 2 heterocycles. The van der Waals surface area contributed by atoms with Gasteiger partial charge in [-0.2, -0.15) is 0 Å². The molecule has 0 saturated heterocycles. The Morgan fingerprint density at radius 2 is 1.89 bits per heavy atom. The van der Waals surface area contributed by atoms with E-state index in [4.69, 9.17) is 0 Å². The lowest BCUT2D eigenvalue weighted by Crippen LogP contribution is -1.89. The lowest BCUT2D eigenvalue weighted by Gasteiger charge is -1.99. The number of hydrogen-bond donors (Lipinski definition) is 0. The van der Waals surface area contributed by atoms with E-state index in [2.05, 4.69) is 9.97 Å². The van der Waals surface area contributed by atoms with Crippen LogP contribution in [0.5, 0.6) is 0 Å². The number of fused-ring (bicyclic) bond motifs is 1. The van der Waals surface area contributed by atoms with Crippen molar-refractivity contribution in [3.05, 3.63) is 47.0 Å². The number of benzene rings is 1. The summed E-state index contributed by atoms with van der Waals surface area (Å²) in [5.41, 5.74) is 2.54. The van der Waals surface area contributed by atoms with Crippen LogP contribution in [0.25, 0.3) is 21.6 Å². The smallest absolute Gasteiger partial charge is 0.171 e. The average Bonchev–Trinajstić information content (AvgIpc) is 2.80. The topological polar surface area (TPSA) is 42.9 Å². The first-order chi connectivity index (χ1) is 9.15. The van der Waals surface area contributed by atoms with Crippen LogP contribution < -0.4 is 0 Å². The molecule has 0 aliphatic heterocycles. The van der Waals surface area contributed by atoms with Crippen LogP contribution in [0.2, 0.25) is 0 Å². The van der Waals surface area contributed by atoms with Crippen molar-refractivity contribution in [3.8, 4) is 10.7 Å². The first kappa shape index (κ1) is 12.0. The molecule has 0 saturated carbocycles. The monoisotopic (exact) mass is 268 g/mol. The van der Waals surface area contributed by atoms with Crippen molar-refractivity contribution in [2.75, 3.05) is 0 Å². The van der Waals surface area contributed by atoms with Crippen molar-refractivity contribution in [3.63, 3.8) is 0 Å². The minimum atomic E-state index is 0.0574. The quantitative estimate of drug-likeness (QED) is 0.663. The van der Waals surface area contributed by atoms with Gasteiger partial charge in [-0.25, -0.2) is 9.97 Å². The number of aryl methyl sites for hydroxylation is 1. The van der Waals surface area contributed by atoms with Gasteiger partial charge in [-0.05, 0) is 19.1 Å². The molecule has 0 bridgehead atoms. The normalized spacial score (nSPS) is 10.8. The Morgan fingerprint density at radius 3 is 2.63 bits per heavy atom. The summed E-state index contributed by atoms with van der Waals surface area (Å²) in [6, 6.07) is 11.9. The zero-order valence-electron chi connectivity index (χ0n) is 10.7. The summed E-state index contributed by atoms with van der Waals surface area (Å²) in [4.78, 5) is 21.2. The zero-order chi connectivity index (χ0) is 13.4. The van der Waals surface area contributed by atoms with E-state index in [0.717, 1.165) is 27.3 Å². The molecule has 0 unspecified atom stereocenters. The lowest BCUT2D eigenvalue weighted by atomic mass is 10.2. The van der Waals surface area contributed by atoms with Gasteiger partial charge in [0.25, 0.3) is 0 Å². The Morgan fingerprint density at radius 1 is 1.11 bits per heavy atom. The maximum absolute atomic E-state index is 11.5. The van der Waals surface area contributed by atoms with E-state index >= 15 is 0 Å². The van der Waals surface area contributed by atoms with Crippen molar-refractivity contribution < 1.29 is 4.79 Å². The molecule has 94 valence electrons. The summed E-state index contributed by atoms with van der Waals surface area (Å²) in [6.45, 7) is 3.43. The van der Waals surface area contributed by atoms with Gasteiger partial charge in [-0.3, -0.25) is 4.79 Å². The van der Waals surface area contributed by atoms with Crippen LogP contribution in [-0.4, -0.2) is 15.8 Å². The molecule has 0 aliphatic rings. The summed E-state index contributed by atoms with van der Waals surface area (Å²) in [6.07, 6.45) is 0. The third-order valence-corrected chi connectivity index (χ3v) is 4.21. The van der Waals surface area contributed by atoms with E-state index in [1.165, 1.54) is 11.3 Å². The molecule has 4 heteroatoms. The average molecular weight is 268 g/mol. The Kier molecular flexibility index (Phi) is 2.87. The fourth-order valence-electron chi connectivity index (χ4n) is 2.02. The second-order valence-electron chi connectivity index (χ2n) is 4.38. The molecule has 1 aromatic carbocycles. The van der Waals surface area contributed by atoms with E-state index in [1.54, 1.807) is 6.92 Å². The van der Waals surface area contributed by atoms with E-state index in [-0.39, 0.29) is 5.78 Å². The molecule has 0 atom stereocenters. The summed E-state index contributed by atoms with van der Waals surface area (Å²) in [5.74, 6) is 0.0574. The fraction of sp³-hybridized carbons (Fsp3) is 0.133. The summed E-state index contributed by atoms with van der Waals surface area (Å²) < 4.78 is 0. The molecule has 19 heavy (non-hydrogen) atoms. The molecule has 0 fully saturated rings. The summed E-state index contributed by atoms with van der Waals surface area (Å²) in [5, 5.41) is 1.90. The number of ketones is 1. The van der Waals surface area contributed by atoms with Gasteiger partial charge in [-0.1, -0.05) is 24.3 Å². The largest absolute Gasteiger partial charge is 0.294 e. The van der Waals surface area contributed by atoms with Crippen molar-refractivity contribution >= 4 is 28.0 Å². The number of carbonyl (C=O) groups is 1.